The number of aliphatic hydroxyl groups excluding tert-OH is 1. The highest BCUT2D eigenvalue weighted by Gasteiger charge is 2.27. The van der Waals surface area contributed by atoms with Crippen molar-refractivity contribution in [3.8, 4) is 0 Å². The fourth-order valence-electron chi connectivity index (χ4n) is 2.20. The number of rotatable bonds is 6. The lowest BCUT2D eigenvalue weighted by Gasteiger charge is -2.32. The molecule has 1 saturated heterocycles. The van der Waals surface area contributed by atoms with Crippen LogP contribution in [0.3, 0.4) is 0 Å². The van der Waals surface area contributed by atoms with E-state index in [4.69, 9.17) is 9.84 Å². The lowest BCUT2D eigenvalue weighted by molar-refractivity contribution is -0.143. The highest BCUT2D eigenvalue weighted by Crippen LogP contribution is 2.18. The first-order valence-corrected chi connectivity index (χ1v) is 7.64. The van der Waals surface area contributed by atoms with Gasteiger partial charge >= 0.3 is 0 Å². The number of ether oxygens (including phenoxy) is 1. The maximum atomic E-state index is 12.0. The van der Waals surface area contributed by atoms with Crippen LogP contribution in [0.1, 0.15) is 40.0 Å². The summed E-state index contributed by atoms with van der Waals surface area (Å²) < 4.78 is 5.49. The second kappa shape index (κ2) is 8.34. The zero-order valence-corrected chi connectivity index (χ0v) is 13.4. The second-order valence-corrected chi connectivity index (χ2v) is 6.42. The van der Waals surface area contributed by atoms with E-state index in [2.05, 4.69) is 5.32 Å². The van der Waals surface area contributed by atoms with Crippen molar-refractivity contribution < 1.29 is 19.4 Å². The molecule has 1 heterocycles. The van der Waals surface area contributed by atoms with Gasteiger partial charge in [0.2, 0.25) is 11.8 Å². The van der Waals surface area contributed by atoms with E-state index in [-0.39, 0.29) is 36.5 Å². The Bertz CT molecular complexity index is 344. The SMILES string of the molecule is CC(C)(C)OCC(=O)N1CCC(C(=O)NCCCO)CC1. The number of hydrogen-bond donors (Lipinski definition) is 2. The van der Waals surface area contributed by atoms with Crippen LogP contribution in [0.25, 0.3) is 0 Å². The third-order valence-corrected chi connectivity index (χ3v) is 3.48. The summed E-state index contributed by atoms with van der Waals surface area (Å²) in [6, 6.07) is 0. The molecule has 0 aromatic heterocycles. The van der Waals surface area contributed by atoms with Gasteiger partial charge in [-0.15, -0.1) is 0 Å². The Morgan fingerprint density at radius 1 is 1.29 bits per heavy atom. The van der Waals surface area contributed by atoms with Crippen LogP contribution in [0.15, 0.2) is 0 Å². The minimum Gasteiger partial charge on any atom is -0.396 e. The molecule has 0 aromatic carbocycles. The van der Waals surface area contributed by atoms with Crippen molar-refractivity contribution in [1.29, 1.82) is 0 Å². The molecule has 2 N–H and O–H groups in total. The molecule has 6 heteroatoms. The lowest BCUT2D eigenvalue weighted by atomic mass is 9.96. The predicted molar refractivity (Wildman–Crippen MR) is 79.7 cm³/mol. The van der Waals surface area contributed by atoms with Crippen molar-refractivity contribution in [3.05, 3.63) is 0 Å². The molecule has 0 radical (unpaired) electrons. The molecule has 0 aliphatic carbocycles. The van der Waals surface area contributed by atoms with Gasteiger partial charge in [0.15, 0.2) is 0 Å². The number of hydrogen-bond acceptors (Lipinski definition) is 4. The fourth-order valence-corrected chi connectivity index (χ4v) is 2.20. The van der Waals surface area contributed by atoms with Crippen molar-refractivity contribution in [2.45, 2.75) is 45.6 Å². The van der Waals surface area contributed by atoms with Crippen LogP contribution >= 0.6 is 0 Å². The minimum absolute atomic E-state index is 0.0101. The Morgan fingerprint density at radius 3 is 2.43 bits per heavy atom. The van der Waals surface area contributed by atoms with Gasteiger partial charge in [-0.25, -0.2) is 0 Å². The molecule has 122 valence electrons. The first-order valence-electron chi connectivity index (χ1n) is 7.64. The number of carbonyl (C=O) groups excluding carboxylic acids is 2. The zero-order chi connectivity index (χ0) is 15.9. The smallest absolute Gasteiger partial charge is 0.248 e. The number of nitrogens with one attached hydrogen (secondary N) is 1. The van der Waals surface area contributed by atoms with E-state index in [0.29, 0.717) is 38.9 Å². The number of amides is 2. The number of aliphatic hydroxyl groups is 1. The Balaban J connectivity index is 2.28. The highest BCUT2D eigenvalue weighted by atomic mass is 16.5. The number of likely N-dealkylation sites (tertiary alicyclic amines) is 1. The van der Waals surface area contributed by atoms with Crippen LogP contribution < -0.4 is 5.32 Å². The number of carbonyl (C=O) groups is 2. The standard InChI is InChI=1S/C15H28N2O4/c1-15(2,3)21-11-13(19)17-8-5-12(6-9-17)14(20)16-7-4-10-18/h12,18H,4-11H2,1-3H3,(H,16,20). The molecular formula is C15H28N2O4. The van der Waals surface area contributed by atoms with E-state index >= 15 is 0 Å². The summed E-state index contributed by atoms with van der Waals surface area (Å²) in [6.07, 6.45) is 1.95. The van der Waals surface area contributed by atoms with E-state index in [9.17, 15) is 9.59 Å². The topological polar surface area (TPSA) is 78.9 Å². The van der Waals surface area contributed by atoms with Gasteiger partial charge in [0.1, 0.15) is 6.61 Å². The van der Waals surface area contributed by atoms with Crippen molar-refractivity contribution in [3.63, 3.8) is 0 Å². The summed E-state index contributed by atoms with van der Waals surface area (Å²) in [5, 5.41) is 11.5. The molecule has 0 aromatic rings. The Kier molecular flexibility index (Phi) is 7.11. The van der Waals surface area contributed by atoms with Gasteiger partial charge in [-0.3, -0.25) is 9.59 Å². The molecule has 6 nitrogen and oxygen atoms in total. The van der Waals surface area contributed by atoms with E-state index in [0.717, 1.165) is 0 Å². The number of nitrogens with zero attached hydrogens (tertiary/aromatic N) is 1. The van der Waals surface area contributed by atoms with Gasteiger partial charge < -0.3 is 20.1 Å². The molecule has 1 rings (SSSR count). The molecule has 1 aliphatic heterocycles. The summed E-state index contributed by atoms with van der Waals surface area (Å²) in [5.74, 6) is -0.0122. The van der Waals surface area contributed by atoms with Gasteiger partial charge in [0.05, 0.1) is 5.60 Å². The van der Waals surface area contributed by atoms with Crippen molar-refractivity contribution >= 4 is 11.8 Å². The van der Waals surface area contributed by atoms with E-state index in [1.54, 1.807) is 4.90 Å². The first-order chi connectivity index (χ1) is 9.83. The van der Waals surface area contributed by atoms with Gasteiger partial charge in [-0.1, -0.05) is 0 Å². The molecule has 1 fully saturated rings. The molecule has 0 atom stereocenters. The molecule has 0 spiro atoms. The van der Waals surface area contributed by atoms with Gasteiger partial charge in [-0.05, 0) is 40.0 Å². The Hall–Kier alpha value is -1.14. The van der Waals surface area contributed by atoms with Gasteiger partial charge in [0, 0.05) is 32.2 Å². The van der Waals surface area contributed by atoms with E-state index in [1.165, 1.54) is 0 Å². The van der Waals surface area contributed by atoms with E-state index < -0.39 is 0 Å². The largest absolute Gasteiger partial charge is 0.396 e. The van der Waals surface area contributed by atoms with Crippen molar-refractivity contribution in [1.82, 2.24) is 10.2 Å². The highest BCUT2D eigenvalue weighted by molar-refractivity contribution is 5.80. The van der Waals surface area contributed by atoms with Crippen LogP contribution in [-0.4, -0.2) is 60.3 Å². The summed E-state index contributed by atoms with van der Waals surface area (Å²) >= 11 is 0. The third kappa shape index (κ3) is 6.91. The molecule has 1 aliphatic rings. The average Bonchev–Trinajstić information content (AvgIpc) is 2.44. The van der Waals surface area contributed by atoms with Crippen LogP contribution in [-0.2, 0) is 14.3 Å². The molecule has 0 saturated carbocycles. The van der Waals surface area contributed by atoms with Gasteiger partial charge in [0.25, 0.3) is 0 Å². The maximum Gasteiger partial charge on any atom is 0.248 e. The van der Waals surface area contributed by atoms with Gasteiger partial charge in [-0.2, -0.15) is 0 Å². The lowest BCUT2D eigenvalue weighted by Crippen LogP contribution is -2.45. The van der Waals surface area contributed by atoms with E-state index in [1.807, 2.05) is 20.8 Å². The molecule has 2 amide bonds. The van der Waals surface area contributed by atoms with Crippen molar-refractivity contribution in [2.75, 3.05) is 32.8 Å². The summed E-state index contributed by atoms with van der Waals surface area (Å²) in [7, 11) is 0. The fraction of sp³-hybridized carbons (Fsp3) is 0.867. The normalized spacial score (nSPS) is 16.9. The molecular weight excluding hydrogens is 272 g/mol. The quantitative estimate of drug-likeness (QED) is 0.702. The van der Waals surface area contributed by atoms with Crippen LogP contribution in [0.5, 0.6) is 0 Å². The molecule has 21 heavy (non-hydrogen) atoms. The number of piperidine rings is 1. The maximum absolute atomic E-state index is 12.0. The Labute approximate surface area is 126 Å². The minimum atomic E-state index is -0.319. The Morgan fingerprint density at radius 2 is 1.90 bits per heavy atom. The summed E-state index contributed by atoms with van der Waals surface area (Å²) in [5.41, 5.74) is -0.319. The zero-order valence-electron chi connectivity index (χ0n) is 13.4. The van der Waals surface area contributed by atoms with Crippen LogP contribution in [0.4, 0.5) is 0 Å². The van der Waals surface area contributed by atoms with Crippen molar-refractivity contribution in [2.24, 2.45) is 5.92 Å². The summed E-state index contributed by atoms with van der Waals surface area (Å²) in [4.78, 5) is 25.7. The predicted octanol–water partition coefficient (Wildman–Crippen LogP) is 0.539. The first kappa shape index (κ1) is 17.9. The second-order valence-electron chi connectivity index (χ2n) is 6.42. The summed E-state index contributed by atoms with van der Waals surface area (Å²) in [6.45, 7) is 7.65. The molecule has 0 bridgehead atoms. The van der Waals surface area contributed by atoms with Crippen LogP contribution in [0.2, 0.25) is 0 Å². The third-order valence-electron chi connectivity index (χ3n) is 3.48. The molecule has 0 unspecified atom stereocenters. The monoisotopic (exact) mass is 300 g/mol. The van der Waals surface area contributed by atoms with Crippen LogP contribution in [0, 0.1) is 5.92 Å². The average molecular weight is 300 g/mol.